The molecule has 4 bridgehead atoms. The predicted octanol–water partition coefficient (Wildman–Crippen LogP) is 6.70. The molecule has 2 heterocycles. The molecule has 6 nitrogen and oxygen atoms in total. The van der Waals surface area contributed by atoms with Gasteiger partial charge in [-0.2, -0.15) is 0 Å². The van der Waals surface area contributed by atoms with Crippen LogP contribution in [0.15, 0.2) is 42.6 Å². The number of benzene rings is 1. The normalized spacial score (nSPS) is 25.9. The van der Waals surface area contributed by atoms with Gasteiger partial charge >= 0.3 is 5.97 Å². The van der Waals surface area contributed by atoms with E-state index in [-0.39, 0.29) is 17.3 Å². The number of nitrogens with zero attached hydrogens (tertiary/aromatic N) is 2. The molecule has 0 unspecified atom stereocenters. The van der Waals surface area contributed by atoms with Crippen LogP contribution in [0.2, 0.25) is 5.02 Å². The summed E-state index contributed by atoms with van der Waals surface area (Å²) in [5.41, 5.74) is 2.70. The van der Waals surface area contributed by atoms with Crippen LogP contribution in [0.4, 0.5) is 0 Å². The second kappa shape index (κ2) is 9.79. The second-order valence-electron chi connectivity index (χ2n) is 11.6. The van der Waals surface area contributed by atoms with Crippen LogP contribution in [0.3, 0.4) is 0 Å². The first-order chi connectivity index (χ1) is 17.9. The maximum Gasteiger partial charge on any atom is 0.311 e. The summed E-state index contributed by atoms with van der Waals surface area (Å²) in [6, 6.07) is 10.9. The van der Waals surface area contributed by atoms with E-state index in [9.17, 15) is 9.59 Å². The molecular weight excluding hydrogens is 486 g/mol. The van der Waals surface area contributed by atoms with Crippen LogP contribution in [0.5, 0.6) is 5.75 Å². The molecular formula is C30H34ClN3O3. The SMILES string of the molecule is CCCCC(=O)Oc1c(Cl)cccc1-c1cn2c(C(=O)NCC34CC5CC(CC(C5)C3)C4)cccc2n1. The van der Waals surface area contributed by atoms with Gasteiger partial charge in [-0.05, 0) is 92.4 Å². The Kier molecular flexibility index (Phi) is 6.47. The van der Waals surface area contributed by atoms with E-state index in [1.165, 1.54) is 38.5 Å². The van der Waals surface area contributed by atoms with E-state index in [1.807, 2.05) is 47.9 Å². The van der Waals surface area contributed by atoms with E-state index in [0.717, 1.165) is 37.1 Å². The third-order valence-corrected chi connectivity index (χ3v) is 9.00. The highest BCUT2D eigenvalue weighted by atomic mass is 35.5. The Morgan fingerprint density at radius 1 is 1.08 bits per heavy atom. The zero-order valence-corrected chi connectivity index (χ0v) is 22.1. The zero-order chi connectivity index (χ0) is 25.6. The zero-order valence-electron chi connectivity index (χ0n) is 21.3. The largest absolute Gasteiger partial charge is 0.424 e. The lowest BCUT2D eigenvalue weighted by molar-refractivity contribution is -0.134. The van der Waals surface area contributed by atoms with Gasteiger partial charge in [0, 0.05) is 24.7 Å². The van der Waals surface area contributed by atoms with E-state index in [0.29, 0.717) is 39.8 Å². The molecule has 0 spiro atoms. The number of nitrogens with one attached hydrogen (secondary N) is 1. The summed E-state index contributed by atoms with van der Waals surface area (Å²) in [5.74, 6) is 2.47. The van der Waals surface area contributed by atoms with E-state index in [4.69, 9.17) is 21.3 Å². The minimum Gasteiger partial charge on any atom is -0.424 e. The molecule has 4 saturated carbocycles. The maximum absolute atomic E-state index is 13.4. The molecule has 0 atom stereocenters. The van der Waals surface area contributed by atoms with Crippen LogP contribution in [-0.4, -0.2) is 27.8 Å². The van der Waals surface area contributed by atoms with Crippen molar-refractivity contribution in [2.45, 2.75) is 64.7 Å². The highest BCUT2D eigenvalue weighted by Gasteiger charge is 2.50. The van der Waals surface area contributed by atoms with Crippen LogP contribution >= 0.6 is 11.6 Å². The molecule has 4 aliphatic rings. The third-order valence-electron chi connectivity index (χ3n) is 8.71. The number of imidazole rings is 1. The van der Waals surface area contributed by atoms with E-state index >= 15 is 0 Å². The number of amides is 1. The number of hydrogen-bond donors (Lipinski definition) is 1. The highest BCUT2D eigenvalue weighted by Crippen LogP contribution is 2.59. The fraction of sp³-hybridized carbons (Fsp3) is 0.500. The van der Waals surface area contributed by atoms with Crippen LogP contribution in [0, 0.1) is 23.2 Å². The average Bonchev–Trinajstić information content (AvgIpc) is 3.31. The molecule has 7 rings (SSSR count). The van der Waals surface area contributed by atoms with Crippen molar-refractivity contribution in [3.05, 3.63) is 53.3 Å². The number of aromatic nitrogens is 2. The van der Waals surface area contributed by atoms with Crippen molar-refractivity contribution in [1.82, 2.24) is 14.7 Å². The van der Waals surface area contributed by atoms with Crippen LogP contribution in [-0.2, 0) is 4.79 Å². The number of rotatable bonds is 8. The topological polar surface area (TPSA) is 72.7 Å². The number of fused-ring (bicyclic) bond motifs is 1. The van der Waals surface area contributed by atoms with Crippen molar-refractivity contribution in [3.8, 4) is 17.0 Å². The number of halogens is 1. The van der Waals surface area contributed by atoms with Crippen LogP contribution in [0.1, 0.15) is 75.2 Å². The molecule has 4 aliphatic carbocycles. The summed E-state index contributed by atoms with van der Waals surface area (Å²) in [4.78, 5) is 30.5. The lowest BCUT2D eigenvalue weighted by Crippen LogP contribution is -2.51. The first kappa shape index (κ1) is 24.5. The molecule has 1 aromatic carbocycles. The van der Waals surface area contributed by atoms with Gasteiger partial charge in [-0.1, -0.05) is 37.1 Å². The number of carbonyl (C=O) groups is 2. The number of hydrogen-bond acceptors (Lipinski definition) is 4. The van der Waals surface area contributed by atoms with Crippen LogP contribution in [0.25, 0.3) is 16.9 Å². The second-order valence-corrected chi connectivity index (χ2v) is 12.0. The fourth-order valence-corrected chi connectivity index (χ4v) is 7.70. The van der Waals surface area contributed by atoms with Crippen LogP contribution < -0.4 is 10.1 Å². The number of pyridine rings is 1. The van der Waals surface area contributed by atoms with Crippen molar-refractivity contribution in [2.75, 3.05) is 6.54 Å². The Morgan fingerprint density at radius 3 is 2.49 bits per heavy atom. The van der Waals surface area contributed by atoms with Gasteiger partial charge in [0.2, 0.25) is 0 Å². The van der Waals surface area contributed by atoms with Gasteiger partial charge in [-0.25, -0.2) is 4.98 Å². The Bertz CT molecular complexity index is 1310. The van der Waals surface area contributed by atoms with Gasteiger partial charge in [-0.3, -0.25) is 14.0 Å². The van der Waals surface area contributed by atoms with Gasteiger partial charge in [0.1, 0.15) is 11.3 Å². The van der Waals surface area contributed by atoms with Crippen molar-refractivity contribution < 1.29 is 14.3 Å². The molecule has 1 amide bonds. The summed E-state index contributed by atoms with van der Waals surface area (Å²) in [6.07, 6.45) is 11.8. The van der Waals surface area contributed by atoms with Crippen molar-refractivity contribution in [2.24, 2.45) is 23.2 Å². The summed E-state index contributed by atoms with van der Waals surface area (Å²) in [6.45, 7) is 2.78. The highest BCUT2D eigenvalue weighted by molar-refractivity contribution is 6.32. The molecule has 0 saturated heterocycles. The van der Waals surface area contributed by atoms with Gasteiger partial charge in [0.25, 0.3) is 5.91 Å². The first-order valence-electron chi connectivity index (χ1n) is 13.7. The Balaban J connectivity index is 1.24. The average molecular weight is 520 g/mol. The number of unbranched alkanes of at least 4 members (excludes halogenated alkanes) is 1. The van der Waals surface area contributed by atoms with E-state index < -0.39 is 0 Å². The molecule has 4 fully saturated rings. The molecule has 1 N–H and O–H groups in total. The number of ether oxygens (including phenoxy) is 1. The number of para-hydroxylation sites is 1. The fourth-order valence-electron chi connectivity index (χ4n) is 7.49. The minimum atomic E-state index is -0.315. The smallest absolute Gasteiger partial charge is 0.311 e. The molecule has 0 radical (unpaired) electrons. The Hall–Kier alpha value is -2.86. The lowest BCUT2D eigenvalue weighted by Gasteiger charge is -2.56. The van der Waals surface area contributed by atoms with Gasteiger partial charge in [0.15, 0.2) is 5.75 Å². The molecule has 2 aromatic heterocycles. The molecule has 3 aromatic rings. The number of carbonyl (C=O) groups excluding carboxylic acids is 2. The van der Waals surface area contributed by atoms with Gasteiger partial charge in [0.05, 0.1) is 10.7 Å². The molecule has 194 valence electrons. The Morgan fingerprint density at radius 2 is 1.78 bits per heavy atom. The number of esters is 1. The van der Waals surface area contributed by atoms with Crippen molar-refractivity contribution in [3.63, 3.8) is 0 Å². The summed E-state index contributed by atoms with van der Waals surface area (Å²) in [7, 11) is 0. The van der Waals surface area contributed by atoms with E-state index in [1.54, 1.807) is 6.07 Å². The summed E-state index contributed by atoms with van der Waals surface area (Å²) < 4.78 is 7.48. The van der Waals surface area contributed by atoms with Crippen molar-refractivity contribution >= 4 is 29.1 Å². The predicted molar refractivity (Wildman–Crippen MR) is 144 cm³/mol. The molecule has 37 heavy (non-hydrogen) atoms. The standard InChI is InChI=1S/C30H34ClN3O3/c1-2-3-10-27(35)37-28-22(6-4-7-23(28)31)24-17-34-25(8-5-9-26(34)33-24)29(36)32-18-30-14-19-11-20(15-30)13-21(12-19)16-30/h4-9,17,19-21H,2-3,10-16,18H2,1H3,(H,32,36). The van der Waals surface area contributed by atoms with Gasteiger partial charge in [-0.15, -0.1) is 0 Å². The maximum atomic E-state index is 13.4. The monoisotopic (exact) mass is 519 g/mol. The summed E-state index contributed by atoms with van der Waals surface area (Å²) >= 11 is 6.43. The Labute approximate surface area is 222 Å². The van der Waals surface area contributed by atoms with E-state index in [2.05, 4.69) is 5.32 Å². The molecule has 7 heteroatoms. The first-order valence-corrected chi connectivity index (χ1v) is 14.1. The molecule has 0 aliphatic heterocycles. The quantitative estimate of drug-likeness (QED) is 0.265. The third kappa shape index (κ3) is 4.76. The minimum absolute atomic E-state index is 0.0809. The summed E-state index contributed by atoms with van der Waals surface area (Å²) in [5, 5.41) is 3.64. The lowest BCUT2D eigenvalue weighted by atomic mass is 9.49. The van der Waals surface area contributed by atoms with Crippen molar-refractivity contribution in [1.29, 1.82) is 0 Å². The van der Waals surface area contributed by atoms with Gasteiger partial charge < -0.3 is 10.1 Å².